The Labute approximate surface area is 96.1 Å². The predicted molar refractivity (Wildman–Crippen MR) is 61.2 cm³/mol. The highest BCUT2D eigenvalue weighted by molar-refractivity contribution is 7.91. The van der Waals surface area contributed by atoms with Crippen LogP contribution in [-0.4, -0.2) is 49.9 Å². The summed E-state index contributed by atoms with van der Waals surface area (Å²) < 4.78 is 22.6. The maximum absolute atomic E-state index is 11.6. The van der Waals surface area contributed by atoms with E-state index in [9.17, 15) is 13.2 Å². The van der Waals surface area contributed by atoms with E-state index in [0.717, 1.165) is 0 Å². The van der Waals surface area contributed by atoms with Crippen LogP contribution in [0.2, 0.25) is 0 Å². The molecule has 1 unspecified atom stereocenters. The Bertz CT molecular complexity index is 339. The molecule has 94 valence electrons. The number of hydrazine groups is 1. The molecule has 0 aromatic heterocycles. The van der Waals surface area contributed by atoms with Crippen LogP contribution in [0, 0.1) is 5.92 Å². The van der Waals surface area contributed by atoms with Crippen molar-refractivity contribution < 1.29 is 13.2 Å². The lowest BCUT2D eigenvalue weighted by Gasteiger charge is -2.35. The normalized spacial score (nSPS) is 23.0. The van der Waals surface area contributed by atoms with Gasteiger partial charge in [0.05, 0.1) is 17.5 Å². The molecule has 1 atom stereocenters. The van der Waals surface area contributed by atoms with Crippen molar-refractivity contribution in [2.24, 2.45) is 11.8 Å². The quantitative estimate of drug-likeness (QED) is 0.370. The summed E-state index contributed by atoms with van der Waals surface area (Å²) in [6, 6.07) is -0.347. The predicted octanol–water partition coefficient (Wildman–Crippen LogP) is -1.27. The van der Waals surface area contributed by atoms with Crippen LogP contribution in [-0.2, 0) is 14.6 Å². The zero-order valence-electron chi connectivity index (χ0n) is 9.64. The molecular weight excluding hydrogens is 230 g/mol. The van der Waals surface area contributed by atoms with E-state index in [-0.39, 0.29) is 29.4 Å². The second kappa shape index (κ2) is 5.11. The molecule has 1 amide bonds. The van der Waals surface area contributed by atoms with E-state index in [2.05, 4.69) is 5.43 Å². The van der Waals surface area contributed by atoms with Crippen LogP contribution in [0.1, 0.15) is 13.8 Å². The van der Waals surface area contributed by atoms with E-state index in [1.54, 1.807) is 0 Å². The van der Waals surface area contributed by atoms with Gasteiger partial charge in [-0.1, -0.05) is 13.8 Å². The Balaban J connectivity index is 2.71. The Morgan fingerprint density at radius 1 is 1.31 bits per heavy atom. The van der Waals surface area contributed by atoms with Gasteiger partial charge in [-0.3, -0.25) is 15.1 Å². The van der Waals surface area contributed by atoms with Gasteiger partial charge in [0, 0.05) is 13.1 Å². The molecule has 3 N–H and O–H groups in total. The van der Waals surface area contributed by atoms with Crippen LogP contribution in [0.4, 0.5) is 0 Å². The van der Waals surface area contributed by atoms with Crippen molar-refractivity contribution in [1.29, 1.82) is 0 Å². The van der Waals surface area contributed by atoms with Crippen LogP contribution in [0.25, 0.3) is 0 Å². The zero-order chi connectivity index (χ0) is 12.3. The summed E-state index contributed by atoms with van der Waals surface area (Å²) in [5.74, 6) is 5.21. The van der Waals surface area contributed by atoms with Crippen LogP contribution in [0.3, 0.4) is 0 Å². The SMILES string of the molecule is CC(C)C(C(=O)NN)N1CCS(=O)(=O)CC1. The Morgan fingerprint density at radius 3 is 2.19 bits per heavy atom. The first-order chi connectivity index (χ1) is 7.37. The third-order valence-electron chi connectivity index (χ3n) is 2.81. The molecule has 16 heavy (non-hydrogen) atoms. The Hall–Kier alpha value is -0.660. The molecule has 0 aliphatic carbocycles. The van der Waals surface area contributed by atoms with E-state index < -0.39 is 9.84 Å². The lowest BCUT2D eigenvalue weighted by Crippen LogP contribution is -2.55. The molecule has 0 spiro atoms. The average molecular weight is 249 g/mol. The van der Waals surface area contributed by atoms with Crippen LogP contribution < -0.4 is 11.3 Å². The fourth-order valence-electron chi connectivity index (χ4n) is 1.98. The number of rotatable bonds is 3. The third kappa shape index (κ3) is 3.16. The molecule has 1 rings (SSSR count). The number of nitrogens with one attached hydrogen (secondary N) is 1. The average Bonchev–Trinajstić information content (AvgIpc) is 2.20. The minimum Gasteiger partial charge on any atom is -0.293 e. The summed E-state index contributed by atoms with van der Waals surface area (Å²) in [7, 11) is -2.91. The highest BCUT2D eigenvalue weighted by atomic mass is 32.2. The number of sulfone groups is 1. The summed E-state index contributed by atoms with van der Waals surface area (Å²) in [6.07, 6.45) is 0. The summed E-state index contributed by atoms with van der Waals surface area (Å²) >= 11 is 0. The second-order valence-electron chi connectivity index (χ2n) is 4.39. The van der Waals surface area contributed by atoms with Crippen molar-refractivity contribution in [1.82, 2.24) is 10.3 Å². The van der Waals surface area contributed by atoms with Crippen LogP contribution >= 0.6 is 0 Å². The minimum atomic E-state index is -2.91. The van der Waals surface area contributed by atoms with Gasteiger partial charge in [0.1, 0.15) is 0 Å². The zero-order valence-corrected chi connectivity index (χ0v) is 10.5. The highest BCUT2D eigenvalue weighted by Crippen LogP contribution is 2.14. The number of amides is 1. The number of nitrogens with two attached hydrogens (primary N) is 1. The molecule has 0 radical (unpaired) electrons. The van der Waals surface area contributed by atoms with Crippen LogP contribution in [0.5, 0.6) is 0 Å². The number of carbonyl (C=O) groups excluding carboxylic acids is 1. The maximum atomic E-state index is 11.6. The minimum absolute atomic E-state index is 0.101. The largest absolute Gasteiger partial charge is 0.293 e. The molecule has 0 bridgehead atoms. The van der Waals surface area contributed by atoms with E-state index in [1.165, 1.54) is 0 Å². The van der Waals surface area contributed by atoms with E-state index in [1.807, 2.05) is 18.7 Å². The first-order valence-electron chi connectivity index (χ1n) is 5.32. The standard InChI is InChI=1S/C9H19N3O3S/c1-7(2)8(9(13)11-10)12-3-5-16(14,15)6-4-12/h7-8H,3-6,10H2,1-2H3,(H,11,13). The molecule has 0 aromatic carbocycles. The lowest BCUT2D eigenvalue weighted by atomic mass is 10.0. The molecule has 1 fully saturated rings. The molecule has 7 heteroatoms. The third-order valence-corrected chi connectivity index (χ3v) is 4.42. The summed E-state index contributed by atoms with van der Waals surface area (Å²) in [5, 5.41) is 0. The van der Waals surface area contributed by atoms with E-state index in [4.69, 9.17) is 5.84 Å². The molecule has 1 saturated heterocycles. The molecule has 1 aliphatic heterocycles. The van der Waals surface area contributed by atoms with Gasteiger partial charge in [-0.05, 0) is 5.92 Å². The van der Waals surface area contributed by atoms with Gasteiger partial charge >= 0.3 is 0 Å². The topological polar surface area (TPSA) is 92.5 Å². The van der Waals surface area contributed by atoms with Crippen molar-refractivity contribution in [3.63, 3.8) is 0 Å². The molecule has 6 nitrogen and oxygen atoms in total. The fraction of sp³-hybridized carbons (Fsp3) is 0.889. The molecule has 1 aliphatic rings. The summed E-state index contributed by atoms with van der Waals surface area (Å²) in [5.41, 5.74) is 2.13. The molecule has 0 saturated carbocycles. The van der Waals surface area contributed by atoms with Gasteiger partial charge in [-0.25, -0.2) is 14.3 Å². The monoisotopic (exact) mass is 249 g/mol. The number of carbonyl (C=O) groups is 1. The highest BCUT2D eigenvalue weighted by Gasteiger charge is 2.32. The van der Waals surface area contributed by atoms with E-state index >= 15 is 0 Å². The van der Waals surface area contributed by atoms with E-state index in [0.29, 0.717) is 13.1 Å². The van der Waals surface area contributed by atoms with Gasteiger partial charge in [0.2, 0.25) is 0 Å². The number of hydrogen-bond donors (Lipinski definition) is 2. The van der Waals surface area contributed by atoms with Gasteiger partial charge in [0.15, 0.2) is 9.84 Å². The van der Waals surface area contributed by atoms with Gasteiger partial charge < -0.3 is 0 Å². The molecule has 1 heterocycles. The maximum Gasteiger partial charge on any atom is 0.251 e. The lowest BCUT2D eigenvalue weighted by molar-refractivity contribution is -0.128. The summed E-state index contributed by atoms with van der Waals surface area (Å²) in [4.78, 5) is 13.5. The van der Waals surface area contributed by atoms with Gasteiger partial charge in [-0.2, -0.15) is 0 Å². The molecule has 0 aromatic rings. The van der Waals surface area contributed by atoms with Crippen molar-refractivity contribution in [3.05, 3.63) is 0 Å². The Morgan fingerprint density at radius 2 is 1.81 bits per heavy atom. The summed E-state index contributed by atoms with van der Waals surface area (Å²) in [6.45, 7) is 4.64. The van der Waals surface area contributed by atoms with Crippen molar-refractivity contribution in [3.8, 4) is 0 Å². The second-order valence-corrected chi connectivity index (χ2v) is 6.69. The fourth-order valence-corrected chi connectivity index (χ4v) is 3.21. The first-order valence-corrected chi connectivity index (χ1v) is 7.14. The van der Waals surface area contributed by atoms with Crippen molar-refractivity contribution in [2.45, 2.75) is 19.9 Å². The van der Waals surface area contributed by atoms with Gasteiger partial charge in [-0.15, -0.1) is 0 Å². The first kappa shape index (κ1) is 13.4. The number of hydrogen-bond acceptors (Lipinski definition) is 5. The molecular formula is C9H19N3O3S. The van der Waals surface area contributed by atoms with Gasteiger partial charge in [0.25, 0.3) is 5.91 Å². The van der Waals surface area contributed by atoms with Crippen molar-refractivity contribution >= 4 is 15.7 Å². The van der Waals surface area contributed by atoms with Crippen molar-refractivity contribution in [2.75, 3.05) is 24.6 Å². The Kier molecular flexibility index (Phi) is 4.28. The smallest absolute Gasteiger partial charge is 0.251 e. The number of nitrogens with zero attached hydrogens (tertiary/aromatic N) is 1. The van der Waals surface area contributed by atoms with Crippen LogP contribution in [0.15, 0.2) is 0 Å².